The second-order valence-electron chi connectivity index (χ2n) is 7.19. The summed E-state index contributed by atoms with van der Waals surface area (Å²) in [6, 6.07) is 0. The van der Waals surface area contributed by atoms with E-state index in [1.54, 1.807) is 6.92 Å². The van der Waals surface area contributed by atoms with Crippen molar-refractivity contribution < 1.29 is 14.6 Å². The molecule has 0 saturated heterocycles. The SMILES string of the molecule is C=C(C)C(=O)OC1CC2CCC1CC2CC(O)(CC)CC. The summed E-state index contributed by atoms with van der Waals surface area (Å²) in [4.78, 5) is 11.7. The maximum Gasteiger partial charge on any atom is 0.333 e. The third kappa shape index (κ3) is 3.68. The van der Waals surface area contributed by atoms with Gasteiger partial charge in [-0.1, -0.05) is 20.4 Å². The molecule has 0 aromatic carbocycles. The predicted molar refractivity (Wildman–Crippen MR) is 83.8 cm³/mol. The Morgan fingerprint density at radius 2 is 1.86 bits per heavy atom. The minimum absolute atomic E-state index is 0.0699. The van der Waals surface area contributed by atoms with Gasteiger partial charge in [0.2, 0.25) is 0 Å². The minimum Gasteiger partial charge on any atom is -0.459 e. The van der Waals surface area contributed by atoms with Crippen LogP contribution in [0.25, 0.3) is 0 Å². The number of carbonyl (C=O) groups is 1. The quantitative estimate of drug-likeness (QED) is 0.598. The summed E-state index contributed by atoms with van der Waals surface area (Å²) in [7, 11) is 0. The van der Waals surface area contributed by atoms with Crippen LogP contribution in [0.1, 0.15) is 65.7 Å². The van der Waals surface area contributed by atoms with E-state index < -0.39 is 5.60 Å². The summed E-state index contributed by atoms with van der Waals surface area (Å²) < 4.78 is 5.62. The zero-order chi connectivity index (χ0) is 15.6. The second kappa shape index (κ2) is 6.51. The Kier molecular flexibility index (Phi) is 5.13. The summed E-state index contributed by atoms with van der Waals surface area (Å²) >= 11 is 0. The highest BCUT2D eigenvalue weighted by Crippen LogP contribution is 2.49. The van der Waals surface area contributed by atoms with E-state index in [0.29, 0.717) is 23.3 Å². The highest BCUT2D eigenvalue weighted by molar-refractivity contribution is 5.87. The van der Waals surface area contributed by atoms with Crippen molar-refractivity contribution in [2.24, 2.45) is 17.8 Å². The van der Waals surface area contributed by atoms with Gasteiger partial charge in [-0.05, 0) is 69.6 Å². The van der Waals surface area contributed by atoms with Gasteiger partial charge in [0.25, 0.3) is 0 Å². The molecule has 4 unspecified atom stereocenters. The van der Waals surface area contributed by atoms with Crippen molar-refractivity contribution in [1.82, 2.24) is 0 Å². The standard InChI is InChI=1S/C18H30O3/c1-5-18(20,6-2)11-15-9-14-8-7-13(15)10-16(14)21-17(19)12(3)4/h13-16,20H,3,5-11H2,1-2,4H3. The van der Waals surface area contributed by atoms with Gasteiger partial charge in [0, 0.05) is 5.57 Å². The topological polar surface area (TPSA) is 46.5 Å². The average Bonchev–Trinajstić information content (AvgIpc) is 2.48. The second-order valence-corrected chi connectivity index (χ2v) is 7.19. The molecule has 4 atom stereocenters. The molecule has 3 rings (SSSR count). The molecule has 3 saturated carbocycles. The minimum atomic E-state index is -0.508. The van der Waals surface area contributed by atoms with Gasteiger partial charge >= 0.3 is 5.97 Å². The molecule has 3 aliphatic rings. The lowest BCUT2D eigenvalue weighted by atomic mass is 9.60. The van der Waals surface area contributed by atoms with Crippen LogP contribution in [0, 0.1) is 17.8 Å². The van der Waals surface area contributed by atoms with Crippen LogP contribution >= 0.6 is 0 Å². The molecule has 3 fully saturated rings. The molecule has 0 aromatic rings. The largest absolute Gasteiger partial charge is 0.459 e. The number of hydrogen-bond donors (Lipinski definition) is 1. The fourth-order valence-electron chi connectivity index (χ4n) is 4.16. The smallest absolute Gasteiger partial charge is 0.333 e. The van der Waals surface area contributed by atoms with Crippen molar-refractivity contribution in [3.8, 4) is 0 Å². The first-order chi connectivity index (χ1) is 9.88. The number of aliphatic hydroxyl groups is 1. The van der Waals surface area contributed by atoms with Gasteiger partial charge in [-0.3, -0.25) is 0 Å². The third-order valence-corrected chi connectivity index (χ3v) is 5.81. The number of rotatable bonds is 6. The van der Waals surface area contributed by atoms with Crippen molar-refractivity contribution in [3.05, 3.63) is 12.2 Å². The normalized spacial score (nSPS) is 32.0. The predicted octanol–water partition coefficient (Wildman–Crippen LogP) is 3.85. The van der Waals surface area contributed by atoms with E-state index in [0.717, 1.165) is 38.5 Å². The molecule has 1 N–H and O–H groups in total. The molecule has 21 heavy (non-hydrogen) atoms. The van der Waals surface area contributed by atoms with Crippen LogP contribution in [0.2, 0.25) is 0 Å². The molecule has 0 heterocycles. The van der Waals surface area contributed by atoms with Gasteiger partial charge < -0.3 is 9.84 Å². The summed E-state index contributed by atoms with van der Waals surface area (Å²) in [6.45, 7) is 9.51. The van der Waals surface area contributed by atoms with Crippen molar-refractivity contribution in [3.63, 3.8) is 0 Å². The molecule has 2 bridgehead atoms. The van der Waals surface area contributed by atoms with Crippen LogP contribution in [0.4, 0.5) is 0 Å². The van der Waals surface area contributed by atoms with Gasteiger partial charge in [-0.25, -0.2) is 4.79 Å². The summed E-state index contributed by atoms with van der Waals surface area (Å²) in [5, 5.41) is 10.6. The van der Waals surface area contributed by atoms with Gasteiger partial charge in [-0.2, -0.15) is 0 Å². The molecule has 3 nitrogen and oxygen atoms in total. The highest BCUT2D eigenvalue weighted by atomic mass is 16.5. The molecule has 3 heteroatoms. The van der Waals surface area contributed by atoms with Gasteiger partial charge in [-0.15, -0.1) is 0 Å². The Morgan fingerprint density at radius 1 is 1.24 bits per heavy atom. The Morgan fingerprint density at radius 3 is 2.33 bits per heavy atom. The Balaban J connectivity index is 1.96. The maximum atomic E-state index is 11.7. The van der Waals surface area contributed by atoms with Crippen LogP contribution in [-0.2, 0) is 9.53 Å². The summed E-state index contributed by atoms with van der Waals surface area (Å²) in [5.41, 5.74) is -0.0224. The molecule has 0 spiro atoms. The third-order valence-electron chi connectivity index (χ3n) is 5.81. The Labute approximate surface area is 128 Å². The molecule has 0 aliphatic heterocycles. The number of fused-ring (bicyclic) bond motifs is 3. The number of ether oxygens (including phenoxy) is 1. The molecular formula is C18H30O3. The van der Waals surface area contributed by atoms with Crippen LogP contribution < -0.4 is 0 Å². The molecule has 0 aromatic heterocycles. The van der Waals surface area contributed by atoms with Gasteiger partial charge in [0.05, 0.1) is 5.60 Å². The number of esters is 1. The van der Waals surface area contributed by atoms with Crippen LogP contribution in [0.3, 0.4) is 0 Å². The summed E-state index contributed by atoms with van der Waals surface area (Å²) in [5.74, 6) is 1.42. The average molecular weight is 294 g/mol. The van der Waals surface area contributed by atoms with E-state index >= 15 is 0 Å². The van der Waals surface area contributed by atoms with Crippen LogP contribution in [-0.4, -0.2) is 22.8 Å². The van der Waals surface area contributed by atoms with Crippen molar-refractivity contribution in [1.29, 1.82) is 0 Å². The zero-order valence-electron chi connectivity index (χ0n) is 13.7. The van der Waals surface area contributed by atoms with Crippen molar-refractivity contribution >= 4 is 5.97 Å². The lowest BCUT2D eigenvalue weighted by Gasteiger charge is -2.48. The lowest BCUT2D eigenvalue weighted by molar-refractivity contribution is -0.156. The van der Waals surface area contributed by atoms with E-state index in [1.165, 1.54) is 6.42 Å². The van der Waals surface area contributed by atoms with E-state index in [-0.39, 0.29) is 12.1 Å². The van der Waals surface area contributed by atoms with E-state index in [9.17, 15) is 9.90 Å². The fraction of sp³-hybridized carbons (Fsp3) is 0.833. The summed E-state index contributed by atoms with van der Waals surface area (Å²) in [6.07, 6.45) is 7.07. The van der Waals surface area contributed by atoms with Gasteiger partial charge in [0.15, 0.2) is 0 Å². The van der Waals surface area contributed by atoms with Crippen molar-refractivity contribution in [2.45, 2.75) is 77.4 Å². The Hall–Kier alpha value is -0.830. The molecule has 120 valence electrons. The Bertz CT molecular complexity index is 397. The first-order valence-corrected chi connectivity index (χ1v) is 8.47. The fourth-order valence-corrected chi connectivity index (χ4v) is 4.16. The highest BCUT2D eigenvalue weighted by Gasteiger charge is 2.45. The molecule has 3 aliphatic carbocycles. The maximum absolute atomic E-state index is 11.7. The van der Waals surface area contributed by atoms with E-state index in [1.807, 2.05) is 0 Å². The molecular weight excluding hydrogens is 264 g/mol. The molecule has 0 radical (unpaired) electrons. The first kappa shape index (κ1) is 16.5. The number of carbonyl (C=O) groups excluding carboxylic acids is 1. The van der Waals surface area contributed by atoms with Gasteiger partial charge in [0.1, 0.15) is 6.10 Å². The lowest BCUT2D eigenvalue weighted by Crippen LogP contribution is -2.45. The monoisotopic (exact) mass is 294 g/mol. The number of hydrogen-bond acceptors (Lipinski definition) is 3. The van der Waals surface area contributed by atoms with E-state index in [4.69, 9.17) is 4.74 Å². The van der Waals surface area contributed by atoms with Crippen LogP contribution in [0.15, 0.2) is 12.2 Å². The van der Waals surface area contributed by atoms with Crippen molar-refractivity contribution in [2.75, 3.05) is 0 Å². The first-order valence-electron chi connectivity index (χ1n) is 8.47. The molecule has 0 amide bonds. The zero-order valence-corrected chi connectivity index (χ0v) is 13.7. The van der Waals surface area contributed by atoms with E-state index in [2.05, 4.69) is 20.4 Å². The van der Waals surface area contributed by atoms with Crippen LogP contribution in [0.5, 0.6) is 0 Å².